The van der Waals surface area contributed by atoms with Gasteiger partial charge in [-0.25, -0.2) is 9.37 Å². The van der Waals surface area contributed by atoms with Gasteiger partial charge in [-0.15, -0.1) is 11.3 Å². The molecule has 24 heavy (non-hydrogen) atoms. The van der Waals surface area contributed by atoms with Crippen molar-refractivity contribution in [1.29, 1.82) is 0 Å². The minimum absolute atomic E-state index is 0.0344. The molecule has 2 heterocycles. The fraction of sp³-hybridized carbons (Fsp3) is 0.353. The number of hydrogen-bond acceptors (Lipinski definition) is 4. The molecule has 0 spiro atoms. The number of nitrogens with two attached hydrogens (primary N) is 1. The predicted molar refractivity (Wildman–Crippen MR) is 89.9 cm³/mol. The van der Waals surface area contributed by atoms with Crippen molar-refractivity contribution in [2.75, 3.05) is 6.54 Å². The summed E-state index contributed by atoms with van der Waals surface area (Å²) in [5.41, 5.74) is 5.76. The Kier molecular flexibility index (Phi) is 4.62. The smallest absolute Gasteiger partial charge is 0.265 e. The van der Waals surface area contributed by atoms with Crippen molar-refractivity contribution in [1.82, 2.24) is 9.88 Å². The lowest BCUT2D eigenvalue weighted by Crippen LogP contribution is -2.48. The zero-order valence-corrected chi connectivity index (χ0v) is 14.1. The fourth-order valence-electron chi connectivity index (χ4n) is 2.90. The third-order valence-electron chi connectivity index (χ3n) is 4.37. The Bertz CT molecular complexity index is 777. The van der Waals surface area contributed by atoms with Crippen molar-refractivity contribution in [2.45, 2.75) is 25.8 Å². The van der Waals surface area contributed by atoms with Gasteiger partial charge in [-0.3, -0.25) is 9.59 Å². The number of likely N-dealkylation sites (tertiary alicyclic amines) is 1. The molecular weight excluding hydrogens is 329 g/mol. The van der Waals surface area contributed by atoms with E-state index in [0.717, 1.165) is 17.8 Å². The van der Waals surface area contributed by atoms with Gasteiger partial charge in [-0.1, -0.05) is 12.1 Å². The Labute approximate surface area is 143 Å². The highest BCUT2D eigenvalue weighted by atomic mass is 32.1. The first-order valence-electron chi connectivity index (χ1n) is 7.78. The predicted octanol–water partition coefficient (Wildman–Crippen LogP) is 2.68. The number of primary amides is 1. The molecule has 0 unspecified atom stereocenters. The number of benzene rings is 1. The van der Waals surface area contributed by atoms with E-state index in [1.165, 1.54) is 12.3 Å². The third kappa shape index (κ3) is 3.17. The number of thiazole rings is 1. The van der Waals surface area contributed by atoms with Crippen molar-refractivity contribution >= 4 is 23.2 Å². The minimum Gasteiger partial charge on any atom is -0.369 e. The standard InChI is InChI=1S/C17H18FN3O2S/c1-10-6-7-11(15(19)22)9-21(10)17(23)14-8-20-16(24-14)12-4-2-3-5-13(12)18/h2-5,8,10-11H,6-7,9H2,1H3,(H2,19,22)/t10-,11+/m1/s1. The number of piperidine rings is 1. The molecule has 2 N–H and O–H groups in total. The van der Waals surface area contributed by atoms with E-state index in [2.05, 4.69) is 4.98 Å². The van der Waals surface area contributed by atoms with Crippen LogP contribution in [0.1, 0.15) is 29.4 Å². The molecule has 126 valence electrons. The van der Waals surface area contributed by atoms with Gasteiger partial charge >= 0.3 is 0 Å². The van der Waals surface area contributed by atoms with Crippen LogP contribution in [0.2, 0.25) is 0 Å². The molecule has 0 aliphatic carbocycles. The molecule has 2 aromatic rings. The molecule has 3 rings (SSSR count). The summed E-state index contributed by atoms with van der Waals surface area (Å²) in [6.07, 6.45) is 2.90. The van der Waals surface area contributed by atoms with Gasteiger partial charge in [0.05, 0.1) is 12.1 Å². The van der Waals surface area contributed by atoms with E-state index < -0.39 is 0 Å². The molecule has 7 heteroatoms. The van der Waals surface area contributed by atoms with Gasteiger partial charge < -0.3 is 10.6 Å². The normalized spacial score (nSPS) is 20.8. The van der Waals surface area contributed by atoms with Crippen LogP contribution in [0.25, 0.3) is 10.6 Å². The summed E-state index contributed by atoms with van der Waals surface area (Å²) < 4.78 is 13.9. The lowest BCUT2D eigenvalue weighted by molar-refractivity contribution is -0.123. The highest BCUT2D eigenvalue weighted by molar-refractivity contribution is 7.16. The van der Waals surface area contributed by atoms with Crippen LogP contribution < -0.4 is 5.73 Å². The molecule has 1 saturated heterocycles. The Hall–Kier alpha value is -2.28. The summed E-state index contributed by atoms with van der Waals surface area (Å²) in [6, 6.07) is 6.37. The van der Waals surface area contributed by atoms with Gasteiger partial charge in [0.1, 0.15) is 15.7 Å². The molecular formula is C17H18FN3O2S. The quantitative estimate of drug-likeness (QED) is 0.927. The summed E-state index contributed by atoms with van der Waals surface area (Å²) in [5.74, 6) is -1.25. The van der Waals surface area contributed by atoms with E-state index in [0.29, 0.717) is 28.4 Å². The summed E-state index contributed by atoms with van der Waals surface area (Å²) in [7, 11) is 0. The third-order valence-corrected chi connectivity index (χ3v) is 5.38. The van der Waals surface area contributed by atoms with E-state index in [1.807, 2.05) is 6.92 Å². The highest BCUT2D eigenvalue weighted by Gasteiger charge is 2.32. The van der Waals surface area contributed by atoms with E-state index in [-0.39, 0.29) is 29.6 Å². The molecule has 0 bridgehead atoms. The van der Waals surface area contributed by atoms with E-state index in [9.17, 15) is 14.0 Å². The molecule has 1 aromatic carbocycles. The van der Waals surface area contributed by atoms with Crippen LogP contribution in [0, 0.1) is 11.7 Å². The van der Waals surface area contributed by atoms with E-state index >= 15 is 0 Å². The Morgan fingerprint density at radius 2 is 2.08 bits per heavy atom. The number of carbonyl (C=O) groups is 2. The monoisotopic (exact) mass is 347 g/mol. The largest absolute Gasteiger partial charge is 0.369 e. The maximum Gasteiger partial charge on any atom is 0.265 e. The maximum absolute atomic E-state index is 13.9. The number of halogens is 1. The SMILES string of the molecule is C[C@@H]1CC[C@H](C(N)=O)CN1C(=O)c1cnc(-c2ccccc2F)s1. The molecule has 1 aromatic heterocycles. The number of hydrogen-bond donors (Lipinski definition) is 1. The molecule has 2 amide bonds. The lowest BCUT2D eigenvalue weighted by Gasteiger charge is -2.36. The number of carbonyl (C=O) groups excluding carboxylic acids is 2. The van der Waals surface area contributed by atoms with Crippen LogP contribution in [-0.4, -0.2) is 34.3 Å². The van der Waals surface area contributed by atoms with Crippen LogP contribution in [-0.2, 0) is 4.79 Å². The van der Waals surface area contributed by atoms with Gasteiger partial charge in [-0.05, 0) is 31.9 Å². The summed E-state index contributed by atoms with van der Waals surface area (Å²) in [5, 5.41) is 0.465. The second-order valence-corrected chi connectivity index (χ2v) is 7.02. The van der Waals surface area contributed by atoms with Crippen LogP contribution >= 0.6 is 11.3 Å². The van der Waals surface area contributed by atoms with Gasteiger partial charge in [0.2, 0.25) is 5.91 Å². The zero-order valence-electron chi connectivity index (χ0n) is 13.2. The van der Waals surface area contributed by atoms with Crippen molar-refractivity contribution in [3.05, 3.63) is 41.2 Å². The van der Waals surface area contributed by atoms with Gasteiger partial charge in [0.25, 0.3) is 5.91 Å². The molecule has 1 aliphatic rings. The fourth-order valence-corrected chi connectivity index (χ4v) is 3.80. The molecule has 2 atom stereocenters. The van der Waals surface area contributed by atoms with Crippen molar-refractivity contribution < 1.29 is 14.0 Å². The number of rotatable bonds is 3. The lowest BCUT2D eigenvalue weighted by atomic mass is 9.93. The van der Waals surface area contributed by atoms with Crippen LogP contribution in [0.4, 0.5) is 4.39 Å². The number of amides is 2. The van der Waals surface area contributed by atoms with Crippen LogP contribution in [0.15, 0.2) is 30.5 Å². The average Bonchev–Trinajstić information content (AvgIpc) is 3.04. The Morgan fingerprint density at radius 1 is 1.33 bits per heavy atom. The van der Waals surface area contributed by atoms with E-state index in [4.69, 9.17) is 5.73 Å². The number of aromatic nitrogens is 1. The van der Waals surface area contributed by atoms with E-state index in [1.54, 1.807) is 23.1 Å². The average molecular weight is 347 g/mol. The molecule has 0 radical (unpaired) electrons. The van der Waals surface area contributed by atoms with Crippen molar-refractivity contribution in [3.63, 3.8) is 0 Å². The molecule has 1 fully saturated rings. The maximum atomic E-state index is 13.9. The number of nitrogens with zero attached hydrogens (tertiary/aromatic N) is 2. The minimum atomic E-state index is -0.379. The topological polar surface area (TPSA) is 76.3 Å². The first kappa shape index (κ1) is 16.6. The Balaban J connectivity index is 1.83. The van der Waals surface area contributed by atoms with Gasteiger partial charge in [0, 0.05) is 18.2 Å². The molecule has 5 nitrogen and oxygen atoms in total. The Morgan fingerprint density at radius 3 is 2.79 bits per heavy atom. The summed E-state index contributed by atoms with van der Waals surface area (Å²) in [6.45, 7) is 2.27. The van der Waals surface area contributed by atoms with Crippen molar-refractivity contribution in [3.8, 4) is 10.6 Å². The highest BCUT2D eigenvalue weighted by Crippen LogP contribution is 2.30. The summed E-state index contributed by atoms with van der Waals surface area (Å²) in [4.78, 5) is 30.5. The zero-order chi connectivity index (χ0) is 17.3. The van der Waals surface area contributed by atoms with Crippen LogP contribution in [0.5, 0.6) is 0 Å². The summed E-state index contributed by atoms with van der Waals surface area (Å²) >= 11 is 1.16. The van der Waals surface area contributed by atoms with Crippen LogP contribution in [0.3, 0.4) is 0 Å². The van der Waals surface area contributed by atoms with Gasteiger partial charge in [-0.2, -0.15) is 0 Å². The first-order chi connectivity index (χ1) is 11.5. The van der Waals surface area contributed by atoms with Crippen molar-refractivity contribution in [2.24, 2.45) is 11.7 Å². The second kappa shape index (κ2) is 6.68. The van der Waals surface area contributed by atoms with Gasteiger partial charge in [0.15, 0.2) is 0 Å². The first-order valence-corrected chi connectivity index (χ1v) is 8.60. The molecule has 1 aliphatic heterocycles. The molecule has 0 saturated carbocycles. The second-order valence-electron chi connectivity index (χ2n) is 5.99.